The standard InChI is InChI=1S/C25H28F3N3O3/c1-23(2,3)30-22(33)24(4,5)16-10-11-18-15(12-16)13-19(31(18)14-21(29)32)17-8-6-7-9-20(17)34-25(26,27)28/h6-13H,14H2,1-5H3,(H2,29,32)(H,30,33). The SMILES string of the molecule is CC(C)(C)NC(=O)C(C)(C)c1ccc2c(c1)cc(-c1ccccc1OC(F)(F)F)n2CC(N)=O. The third-order valence-electron chi connectivity index (χ3n) is 5.38. The normalized spacial score (nSPS) is 12.6. The molecule has 6 nitrogen and oxygen atoms in total. The second-order valence-corrected chi connectivity index (χ2v) is 9.73. The van der Waals surface area contributed by atoms with Crippen LogP contribution >= 0.6 is 0 Å². The molecule has 9 heteroatoms. The van der Waals surface area contributed by atoms with E-state index < -0.39 is 29.0 Å². The topological polar surface area (TPSA) is 86.3 Å². The summed E-state index contributed by atoms with van der Waals surface area (Å²) >= 11 is 0. The summed E-state index contributed by atoms with van der Waals surface area (Å²) in [6, 6.07) is 12.7. The van der Waals surface area contributed by atoms with Gasteiger partial charge in [-0.15, -0.1) is 13.2 Å². The molecule has 1 heterocycles. The number of alkyl halides is 3. The van der Waals surface area contributed by atoms with E-state index in [0.717, 1.165) is 0 Å². The number of amides is 2. The van der Waals surface area contributed by atoms with E-state index in [1.807, 2.05) is 20.8 Å². The van der Waals surface area contributed by atoms with Crippen molar-refractivity contribution in [3.8, 4) is 17.0 Å². The van der Waals surface area contributed by atoms with Gasteiger partial charge in [-0.3, -0.25) is 9.59 Å². The van der Waals surface area contributed by atoms with Crippen LogP contribution in [0.5, 0.6) is 5.75 Å². The number of benzene rings is 2. The molecule has 0 fully saturated rings. The molecule has 3 rings (SSSR count). The predicted molar refractivity (Wildman–Crippen MR) is 124 cm³/mol. The minimum Gasteiger partial charge on any atom is -0.405 e. The Labute approximate surface area is 195 Å². The highest BCUT2D eigenvalue weighted by Crippen LogP contribution is 2.38. The zero-order valence-electron chi connectivity index (χ0n) is 19.7. The maximum atomic E-state index is 13.0. The number of hydrogen-bond acceptors (Lipinski definition) is 3. The van der Waals surface area contributed by atoms with Crippen molar-refractivity contribution < 1.29 is 27.5 Å². The second kappa shape index (κ2) is 8.70. The van der Waals surface area contributed by atoms with E-state index in [0.29, 0.717) is 22.2 Å². The van der Waals surface area contributed by atoms with Crippen LogP contribution in [0.3, 0.4) is 0 Å². The lowest BCUT2D eigenvalue weighted by Crippen LogP contribution is -2.48. The number of aromatic nitrogens is 1. The van der Waals surface area contributed by atoms with Crippen LogP contribution in [0.15, 0.2) is 48.5 Å². The maximum absolute atomic E-state index is 13.0. The molecule has 2 aromatic carbocycles. The Kier molecular flexibility index (Phi) is 6.43. The summed E-state index contributed by atoms with van der Waals surface area (Å²) in [6.45, 7) is 9.01. The fraction of sp³-hybridized carbons (Fsp3) is 0.360. The molecule has 3 N–H and O–H groups in total. The van der Waals surface area contributed by atoms with E-state index in [9.17, 15) is 22.8 Å². The van der Waals surface area contributed by atoms with Gasteiger partial charge in [0.2, 0.25) is 11.8 Å². The van der Waals surface area contributed by atoms with Gasteiger partial charge in [0.1, 0.15) is 12.3 Å². The highest BCUT2D eigenvalue weighted by molar-refractivity contribution is 5.93. The zero-order valence-corrected chi connectivity index (χ0v) is 19.7. The fourth-order valence-corrected chi connectivity index (χ4v) is 3.73. The molecule has 3 aromatic rings. The van der Waals surface area contributed by atoms with E-state index in [1.54, 1.807) is 48.7 Å². The quantitative estimate of drug-likeness (QED) is 0.533. The lowest BCUT2D eigenvalue weighted by molar-refractivity contribution is -0.274. The first-order valence-corrected chi connectivity index (χ1v) is 10.7. The lowest BCUT2D eigenvalue weighted by atomic mass is 9.82. The summed E-state index contributed by atoms with van der Waals surface area (Å²) in [6.07, 6.45) is -4.88. The summed E-state index contributed by atoms with van der Waals surface area (Å²) < 4.78 is 44.7. The molecule has 34 heavy (non-hydrogen) atoms. The molecule has 0 aliphatic heterocycles. The van der Waals surface area contributed by atoms with Crippen molar-refractivity contribution in [2.45, 2.75) is 58.5 Å². The van der Waals surface area contributed by atoms with Gasteiger partial charge >= 0.3 is 6.36 Å². The fourth-order valence-electron chi connectivity index (χ4n) is 3.73. The van der Waals surface area contributed by atoms with E-state index >= 15 is 0 Å². The first-order chi connectivity index (χ1) is 15.6. The van der Waals surface area contributed by atoms with Crippen molar-refractivity contribution in [1.29, 1.82) is 0 Å². The number of nitrogens with two attached hydrogens (primary N) is 1. The van der Waals surface area contributed by atoms with Crippen LogP contribution < -0.4 is 15.8 Å². The zero-order chi connectivity index (χ0) is 25.5. The largest absolute Gasteiger partial charge is 0.573 e. The monoisotopic (exact) mass is 475 g/mol. The first-order valence-electron chi connectivity index (χ1n) is 10.7. The van der Waals surface area contributed by atoms with Gasteiger partial charge in [-0.25, -0.2) is 0 Å². The number of carbonyl (C=O) groups excluding carboxylic acids is 2. The van der Waals surface area contributed by atoms with Crippen molar-refractivity contribution in [1.82, 2.24) is 9.88 Å². The van der Waals surface area contributed by atoms with E-state index in [2.05, 4.69) is 10.1 Å². The van der Waals surface area contributed by atoms with Crippen LogP contribution in [0.2, 0.25) is 0 Å². The van der Waals surface area contributed by atoms with Crippen molar-refractivity contribution in [3.05, 3.63) is 54.1 Å². The molecule has 0 bridgehead atoms. The summed E-state index contributed by atoms with van der Waals surface area (Å²) in [5, 5.41) is 3.62. The van der Waals surface area contributed by atoms with Crippen LogP contribution in [0.1, 0.15) is 40.2 Å². The number of carbonyl (C=O) groups is 2. The van der Waals surface area contributed by atoms with E-state index in [1.165, 1.54) is 18.2 Å². The number of para-hydroxylation sites is 1. The van der Waals surface area contributed by atoms with Crippen molar-refractivity contribution >= 4 is 22.7 Å². The molecule has 0 saturated heterocycles. The number of rotatable bonds is 6. The van der Waals surface area contributed by atoms with Gasteiger partial charge in [0.25, 0.3) is 0 Å². The molecule has 0 spiro atoms. The van der Waals surface area contributed by atoms with Gasteiger partial charge in [0.05, 0.1) is 11.1 Å². The maximum Gasteiger partial charge on any atom is 0.573 e. The van der Waals surface area contributed by atoms with Gasteiger partial charge in [0.15, 0.2) is 0 Å². The Morgan fingerprint density at radius 1 is 1.00 bits per heavy atom. The van der Waals surface area contributed by atoms with Gasteiger partial charge < -0.3 is 20.4 Å². The number of primary amides is 1. The van der Waals surface area contributed by atoms with E-state index in [-0.39, 0.29) is 18.0 Å². The summed E-state index contributed by atoms with van der Waals surface area (Å²) in [5.74, 6) is -1.21. The van der Waals surface area contributed by atoms with Gasteiger partial charge in [0, 0.05) is 22.0 Å². The molecular formula is C25H28F3N3O3. The molecule has 0 saturated carbocycles. The van der Waals surface area contributed by atoms with Crippen molar-refractivity contribution in [2.24, 2.45) is 5.73 Å². The molecule has 0 atom stereocenters. The number of fused-ring (bicyclic) bond motifs is 1. The van der Waals surface area contributed by atoms with Crippen LogP contribution in [0, 0.1) is 0 Å². The van der Waals surface area contributed by atoms with Gasteiger partial charge in [-0.05, 0) is 70.5 Å². The second-order valence-electron chi connectivity index (χ2n) is 9.73. The first kappa shape index (κ1) is 25.1. The molecule has 182 valence electrons. The minimum absolute atomic E-state index is 0.156. The molecular weight excluding hydrogens is 447 g/mol. The number of ether oxygens (including phenoxy) is 1. The lowest BCUT2D eigenvalue weighted by Gasteiger charge is -2.30. The molecule has 1 aromatic heterocycles. The molecule has 0 aliphatic rings. The third kappa shape index (κ3) is 5.52. The van der Waals surface area contributed by atoms with E-state index in [4.69, 9.17) is 5.73 Å². The van der Waals surface area contributed by atoms with Gasteiger partial charge in [-0.2, -0.15) is 0 Å². The Bertz CT molecular complexity index is 1240. The Morgan fingerprint density at radius 2 is 1.65 bits per heavy atom. The average Bonchev–Trinajstić information content (AvgIpc) is 3.02. The Hall–Kier alpha value is -3.49. The average molecular weight is 476 g/mol. The number of halogens is 3. The molecule has 0 aliphatic carbocycles. The van der Waals surface area contributed by atoms with Crippen LogP contribution in [0.4, 0.5) is 13.2 Å². The highest BCUT2D eigenvalue weighted by Gasteiger charge is 2.34. The number of nitrogens with one attached hydrogen (secondary N) is 1. The van der Waals surface area contributed by atoms with Crippen molar-refractivity contribution in [2.75, 3.05) is 0 Å². The molecule has 0 unspecified atom stereocenters. The Morgan fingerprint density at radius 3 is 2.24 bits per heavy atom. The smallest absolute Gasteiger partial charge is 0.405 e. The predicted octanol–water partition coefficient (Wildman–Crippen LogP) is 4.88. The minimum atomic E-state index is -4.88. The summed E-state index contributed by atoms with van der Waals surface area (Å²) in [4.78, 5) is 24.7. The summed E-state index contributed by atoms with van der Waals surface area (Å²) in [7, 11) is 0. The van der Waals surface area contributed by atoms with Crippen LogP contribution in [0.25, 0.3) is 22.2 Å². The number of hydrogen-bond donors (Lipinski definition) is 2. The Balaban J connectivity index is 2.17. The number of nitrogens with zero attached hydrogens (tertiary/aromatic N) is 1. The van der Waals surface area contributed by atoms with Crippen LogP contribution in [-0.4, -0.2) is 28.3 Å². The molecule has 2 amide bonds. The summed E-state index contributed by atoms with van der Waals surface area (Å²) in [5.41, 5.74) is 5.93. The molecule has 0 radical (unpaired) electrons. The third-order valence-corrected chi connectivity index (χ3v) is 5.38. The highest BCUT2D eigenvalue weighted by atomic mass is 19.4. The van der Waals surface area contributed by atoms with Gasteiger partial charge in [-0.1, -0.05) is 18.2 Å². The van der Waals surface area contributed by atoms with Crippen molar-refractivity contribution in [3.63, 3.8) is 0 Å². The van der Waals surface area contributed by atoms with Crippen LogP contribution in [-0.2, 0) is 21.5 Å².